The number of carbonyl (C=O) groups excluding carboxylic acids is 1. The zero-order valence-electron chi connectivity index (χ0n) is 11.6. The van der Waals surface area contributed by atoms with Crippen molar-refractivity contribution in [3.63, 3.8) is 0 Å². The van der Waals surface area contributed by atoms with Crippen LogP contribution in [0, 0.1) is 0 Å². The predicted molar refractivity (Wildman–Crippen MR) is 69.6 cm³/mol. The molecule has 1 aromatic carbocycles. The van der Waals surface area contributed by atoms with Gasteiger partial charge in [-0.2, -0.15) is 13.2 Å². The highest BCUT2D eigenvalue weighted by Crippen LogP contribution is 2.32. The predicted octanol–water partition coefficient (Wildman–Crippen LogP) is 2.57. The Morgan fingerprint density at radius 3 is 2.29 bits per heavy atom. The third kappa shape index (κ3) is 4.77. The number of carboxylic acids is 1. The quantitative estimate of drug-likeness (QED) is 0.909. The van der Waals surface area contributed by atoms with Crippen LogP contribution in [0.2, 0.25) is 0 Å². The Morgan fingerprint density at radius 1 is 1.24 bits per heavy atom. The third-order valence-corrected chi connectivity index (χ3v) is 2.91. The molecule has 4 nitrogen and oxygen atoms in total. The number of carbonyl (C=O) groups is 2. The summed E-state index contributed by atoms with van der Waals surface area (Å²) in [6.45, 7) is 2.68. The maximum absolute atomic E-state index is 12.8. The van der Waals surface area contributed by atoms with Gasteiger partial charge in [-0.15, -0.1) is 0 Å². The lowest BCUT2D eigenvalue weighted by Gasteiger charge is -2.25. The van der Waals surface area contributed by atoms with Crippen molar-refractivity contribution in [2.45, 2.75) is 32.5 Å². The first-order valence-electron chi connectivity index (χ1n) is 6.29. The van der Waals surface area contributed by atoms with Crippen LogP contribution >= 0.6 is 0 Å². The minimum Gasteiger partial charge on any atom is -0.480 e. The van der Waals surface area contributed by atoms with Gasteiger partial charge < -0.3 is 10.0 Å². The molecule has 0 aromatic heterocycles. The van der Waals surface area contributed by atoms with Crippen molar-refractivity contribution in [1.82, 2.24) is 4.90 Å². The fraction of sp³-hybridized carbons (Fsp3) is 0.429. The van der Waals surface area contributed by atoms with Gasteiger partial charge in [0, 0.05) is 6.04 Å². The summed E-state index contributed by atoms with van der Waals surface area (Å²) in [4.78, 5) is 23.8. The summed E-state index contributed by atoms with van der Waals surface area (Å²) < 4.78 is 38.5. The first-order chi connectivity index (χ1) is 9.62. The highest BCUT2D eigenvalue weighted by molar-refractivity contribution is 5.83. The van der Waals surface area contributed by atoms with Crippen molar-refractivity contribution in [3.05, 3.63) is 35.4 Å². The lowest BCUT2D eigenvalue weighted by molar-refractivity contribution is -0.146. The molecule has 21 heavy (non-hydrogen) atoms. The molecular formula is C14H16F3NO3. The normalized spacial score (nSPS) is 11.5. The molecule has 1 amide bonds. The largest absolute Gasteiger partial charge is 0.480 e. The molecule has 0 saturated carbocycles. The highest BCUT2D eigenvalue weighted by Gasteiger charge is 2.34. The molecule has 7 heteroatoms. The second-order valence-corrected chi connectivity index (χ2v) is 4.84. The molecule has 0 spiro atoms. The monoisotopic (exact) mass is 303 g/mol. The standard InChI is InChI=1S/C14H16F3NO3/c1-9(2)18(8-13(20)21)12(19)7-10-5-3-4-6-11(10)14(15,16)17/h3-6,9H,7-8H2,1-2H3,(H,20,21). The van der Waals surface area contributed by atoms with E-state index in [0.29, 0.717) is 0 Å². The number of hydrogen-bond donors (Lipinski definition) is 1. The molecule has 1 rings (SSSR count). The first kappa shape index (κ1) is 17.0. The molecule has 0 unspecified atom stereocenters. The second-order valence-electron chi connectivity index (χ2n) is 4.84. The summed E-state index contributed by atoms with van der Waals surface area (Å²) in [7, 11) is 0. The average Bonchev–Trinajstić information content (AvgIpc) is 2.34. The van der Waals surface area contributed by atoms with Gasteiger partial charge in [-0.25, -0.2) is 0 Å². The van der Waals surface area contributed by atoms with Crippen molar-refractivity contribution in [3.8, 4) is 0 Å². The summed E-state index contributed by atoms with van der Waals surface area (Å²) in [6, 6.07) is 4.37. The van der Waals surface area contributed by atoms with E-state index in [1.54, 1.807) is 13.8 Å². The number of aliphatic carboxylic acids is 1. The maximum atomic E-state index is 12.8. The Bertz CT molecular complexity index is 526. The number of alkyl halides is 3. The molecule has 0 aliphatic carbocycles. The van der Waals surface area contributed by atoms with Crippen LogP contribution in [-0.2, 0) is 22.2 Å². The van der Waals surface area contributed by atoms with E-state index in [2.05, 4.69) is 0 Å². The molecule has 0 bridgehead atoms. The zero-order valence-corrected chi connectivity index (χ0v) is 11.6. The number of halogens is 3. The van der Waals surface area contributed by atoms with Gasteiger partial charge in [-0.3, -0.25) is 9.59 Å². The van der Waals surface area contributed by atoms with E-state index in [0.717, 1.165) is 11.0 Å². The van der Waals surface area contributed by atoms with Gasteiger partial charge in [0.25, 0.3) is 0 Å². The van der Waals surface area contributed by atoms with Crippen LogP contribution in [0.15, 0.2) is 24.3 Å². The van der Waals surface area contributed by atoms with E-state index in [-0.39, 0.29) is 5.56 Å². The zero-order chi connectivity index (χ0) is 16.2. The summed E-state index contributed by atoms with van der Waals surface area (Å²) in [5, 5.41) is 8.76. The van der Waals surface area contributed by atoms with Gasteiger partial charge in [-0.05, 0) is 25.5 Å². The summed E-state index contributed by atoms with van der Waals surface area (Å²) in [5.74, 6) is -1.86. The van der Waals surface area contributed by atoms with Gasteiger partial charge in [0.2, 0.25) is 5.91 Å². The molecule has 0 radical (unpaired) electrons. The van der Waals surface area contributed by atoms with Gasteiger partial charge >= 0.3 is 12.1 Å². The Hall–Kier alpha value is -2.05. The summed E-state index contributed by atoms with van der Waals surface area (Å²) >= 11 is 0. The van der Waals surface area contributed by atoms with Crippen molar-refractivity contribution in [2.75, 3.05) is 6.54 Å². The van der Waals surface area contributed by atoms with Gasteiger partial charge in [-0.1, -0.05) is 18.2 Å². The molecule has 0 fully saturated rings. The second kappa shape index (κ2) is 6.60. The average molecular weight is 303 g/mol. The molecule has 116 valence electrons. The first-order valence-corrected chi connectivity index (χ1v) is 6.29. The van der Waals surface area contributed by atoms with Gasteiger partial charge in [0.1, 0.15) is 6.54 Å². The topological polar surface area (TPSA) is 57.6 Å². The van der Waals surface area contributed by atoms with Crippen LogP contribution in [0.5, 0.6) is 0 Å². The van der Waals surface area contributed by atoms with Crippen LogP contribution in [0.4, 0.5) is 13.2 Å². The van der Waals surface area contributed by atoms with Crippen molar-refractivity contribution < 1.29 is 27.9 Å². The number of nitrogens with zero attached hydrogens (tertiary/aromatic N) is 1. The van der Waals surface area contributed by atoms with E-state index in [1.807, 2.05) is 0 Å². The lowest BCUT2D eigenvalue weighted by Crippen LogP contribution is -2.41. The number of rotatable bonds is 5. The van der Waals surface area contributed by atoms with Crippen LogP contribution in [-0.4, -0.2) is 34.5 Å². The van der Waals surface area contributed by atoms with E-state index in [4.69, 9.17) is 5.11 Å². The molecule has 1 N–H and O–H groups in total. The van der Waals surface area contributed by atoms with Crippen molar-refractivity contribution >= 4 is 11.9 Å². The van der Waals surface area contributed by atoms with Crippen molar-refractivity contribution in [2.24, 2.45) is 0 Å². The molecule has 0 atom stereocenters. The number of benzene rings is 1. The summed E-state index contributed by atoms with van der Waals surface area (Å²) in [5.41, 5.74) is -1.04. The molecule has 0 aliphatic rings. The van der Waals surface area contributed by atoms with Crippen LogP contribution in [0.25, 0.3) is 0 Å². The van der Waals surface area contributed by atoms with Crippen LogP contribution < -0.4 is 0 Å². The number of amides is 1. The third-order valence-electron chi connectivity index (χ3n) is 2.91. The highest BCUT2D eigenvalue weighted by atomic mass is 19.4. The maximum Gasteiger partial charge on any atom is 0.416 e. The Labute approximate surface area is 120 Å². The Morgan fingerprint density at radius 2 is 1.81 bits per heavy atom. The fourth-order valence-corrected chi connectivity index (χ4v) is 1.92. The van der Waals surface area contributed by atoms with Gasteiger partial charge in [0.15, 0.2) is 0 Å². The molecule has 1 aromatic rings. The van der Waals surface area contributed by atoms with Crippen LogP contribution in [0.1, 0.15) is 25.0 Å². The van der Waals surface area contributed by atoms with Crippen molar-refractivity contribution in [1.29, 1.82) is 0 Å². The minimum absolute atomic E-state index is 0.161. The van der Waals surface area contributed by atoms with Gasteiger partial charge in [0.05, 0.1) is 12.0 Å². The lowest BCUT2D eigenvalue weighted by atomic mass is 10.0. The molecule has 0 heterocycles. The smallest absolute Gasteiger partial charge is 0.416 e. The van der Waals surface area contributed by atoms with E-state index in [9.17, 15) is 22.8 Å². The van der Waals surface area contributed by atoms with Crippen LogP contribution in [0.3, 0.4) is 0 Å². The van der Waals surface area contributed by atoms with E-state index >= 15 is 0 Å². The Kier molecular flexibility index (Phi) is 5.34. The summed E-state index contributed by atoms with van der Waals surface area (Å²) in [6.07, 6.45) is -5.03. The number of carboxylic acid groups (broad SMARTS) is 1. The fourth-order valence-electron chi connectivity index (χ4n) is 1.92. The minimum atomic E-state index is -4.55. The molecule has 0 aliphatic heterocycles. The number of hydrogen-bond acceptors (Lipinski definition) is 2. The SMILES string of the molecule is CC(C)N(CC(=O)O)C(=O)Cc1ccccc1C(F)(F)F. The Balaban J connectivity index is 2.99. The molecular weight excluding hydrogens is 287 g/mol. The van der Waals surface area contributed by atoms with E-state index < -0.39 is 42.6 Å². The van der Waals surface area contributed by atoms with E-state index in [1.165, 1.54) is 18.2 Å². The molecule has 0 saturated heterocycles.